The molecule has 8 heteroatoms. The van der Waals surface area contributed by atoms with Crippen LogP contribution in [-0.2, 0) is 29.1 Å². The van der Waals surface area contributed by atoms with Crippen molar-refractivity contribution in [1.82, 2.24) is 0 Å². The van der Waals surface area contributed by atoms with E-state index in [0.29, 0.717) is 0 Å². The fraction of sp³-hybridized carbons (Fsp3) is 0.333. The van der Waals surface area contributed by atoms with Gasteiger partial charge in [-0.15, -0.1) is 0 Å². The maximum absolute atomic E-state index is 9.14. The molecule has 0 radical (unpaired) electrons. The molecule has 0 aliphatic carbocycles. The molecule has 0 saturated heterocycles. The first-order chi connectivity index (χ1) is 7.35. The summed E-state index contributed by atoms with van der Waals surface area (Å²) >= 11 is 0. The molecular weight excluding hydrogens is 285 g/mol. The van der Waals surface area contributed by atoms with E-state index in [1.807, 2.05) is 0 Å². The first kappa shape index (κ1) is 24.9. The molecule has 7 nitrogen and oxygen atoms in total. The minimum Gasteiger partial charge on any atom is -0.545 e. The van der Waals surface area contributed by atoms with Gasteiger partial charge in [-0.25, -0.2) is 0 Å². The Kier molecular flexibility index (Phi) is 29.9. The molecule has 0 fully saturated rings. The third-order valence-corrected chi connectivity index (χ3v) is 0.755. The molecule has 0 aliphatic rings. The van der Waals surface area contributed by atoms with Gasteiger partial charge in [-0.2, -0.15) is 0 Å². The second-order valence-corrected chi connectivity index (χ2v) is 2.07. The van der Waals surface area contributed by atoms with Gasteiger partial charge < -0.3 is 35.1 Å². The van der Waals surface area contributed by atoms with Crippen molar-refractivity contribution in [2.24, 2.45) is 0 Å². The van der Waals surface area contributed by atoms with Crippen LogP contribution in [0.4, 0.5) is 0 Å². The number of aliphatic hydroxyl groups is 3. The monoisotopic (exact) mass is 298 g/mol. The smallest absolute Gasteiger partial charge is 0.545 e. The van der Waals surface area contributed by atoms with E-state index in [2.05, 4.69) is 13.2 Å². The van der Waals surface area contributed by atoms with Crippen molar-refractivity contribution < 1.29 is 54.6 Å². The maximum Gasteiger partial charge on any atom is 2.00 e. The zero-order valence-corrected chi connectivity index (χ0v) is 12.2. The minimum atomic E-state index is -1.23. The molecular formula is C9H14O7Zn. The number of aliphatic carboxylic acids is 2. The van der Waals surface area contributed by atoms with E-state index in [0.717, 1.165) is 12.2 Å². The van der Waals surface area contributed by atoms with Gasteiger partial charge in [0.1, 0.15) is 6.10 Å². The summed E-state index contributed by atoms with van der Waals surface area (Å²) in [6.07, 6.45) is 0.491. The van der Waals surface area contributed by atoms with Gasteiger partial charge in [0, 0.05) is 0 Å². The topological polar surface area (TPSA) is 141 Å². The van der Waals surface area contributed by atoms with Gasteiger partial charge in [0.15, 0.2) is 0 Å². The fourth-order valence-electron chi connectivity index (χ4n) is 0.0577. The van der Waals surface area contributed by atoms with Crippen LogP contribution in [0.1, 0.15) is 0 Å². The van der Waals surface area contributed by atoms with Crippen LogP contribution in [-0.4, -0.2) is 46.6 Å². The molecule has 0 saturated carbocycles. The van der Waals surface area contributed by atoms with Crippen molar-refractivity contribution in [2.45, 2.75) is 6.10 Å². The first-order valence-electron chi connectivity index (χ1n) is 3.92. The summed E-state index contributed by atoms with van der Waals surface area (Å²) in [5.74, 6) is -2.46. The molecule has 0 aromatic heterocycles. The van der Waals surface area contributed by atoms with Gasteiger partial charge in [0.25, 0.3) is 0 Å². The Labute approximate surface area is 111 Å². The number of hydrogen-bond donors (Lipinski definition) is 3. The van der Waals surface area contributed by atoms with E-state index in [4.69, 9.17) is 35.1 Å². The largest absolute Gasteiger partial charge is 2.00 e. The molecule has 0 rings (SSSR count). The molecule has 0 spiro atoms. The predicted molar refractivity (Wildman–Crippen MR) is 50.6 cm³/mol. The molecule has 0 aromatic carbocycles. The van der Waals surface area contributed by atoms with E-state index in [-0.39, 0.29) is 32.7 Å². The van der Waals surface area contributed by atoms with Crippen LogP contribution in [0.2, 0.25) is 0 Å². The first-order valence-corrected chi connectivity index (χ1v) is 3.92. The van der Waals surface area contributed by atoms with E-state index < -0.39 is 18.0 Å². The van der Waals surface area contributed by atoms with Crippen LogP contribution in [0.5, 0.6) is 0 Å². The summed E-state index contributed by atoms with van der Waals surface area (Å²) in [5, 5.41) is 42.3. The van der Waals surface area contributed by atoms with Gasteiger partial charge in [0.2, 0.25) is 0 Å². The Balaban J connectivity index is -0.0000000729. The van der Waals surface area contributed by atoms with Crippen LogP contribution in [0.25, 0.3) is 0 Å². The standard InChI is InChI=1S/C3H8O3.2C3H4O2.Zn/c4-1-3(6)2-5;2*1-2-3(4)5;/h3-6H,1-2H2;2*2H,1H2,(H,4,5);/q;;;+2/p-2. The van der Waals surface area contributed by atoms with Crippen LogP contribution in [0, 0.1) is 0 Å². The third kappa shape index (κ3) is 52.0. The van der Waals surface area contributed by atoms with Gasteiger partial charge in [-0.3, -0.25) is 0 Å². The SMILES string of the molecule is C=CC(=O)[O-].C=CC(=O)[O-].OCC(O)CO.[Zn+2]. The molecule has 0 bridgehead atoms. The van der Waals surface area contributed by atoms with Crippen LogP contribution in [0.3, 0.4) is 0 Å². The number of carbonyl (C=O) groups is 2. The second-order valence-electron chi connectivity index (χ2n) is 2.07. The third-order valence-electron chi connectivity index (χ3n) is 0.755. The molecule has 17 heavy (non-hydrogen) atoms. The van der Waals surface area contributed by atoms with Gasteiger partial charge in [-0.1, -0.05) is 13.2 Å². The van der Waals surface area contributed by atoms with Crippen LogP contribution >= 0.6 is 0 Å². The van der Waals surface area contributed by atoms with Gasteiger partial charge in [-0.05, 0) is 12.2 Å². The zero-order valence-electron chi connectivity index (χ0n) is 9.24. The number of carboxylic acid groups (broad SMARTS) is 2. The van der Waals surface area contributed by atoms with E-state index in [1.54, 1.807) is 0 Å². The van der Waals surface area contributed by atoms with Crippen molar-refractivity contribution in [1.29, 1.82) is 0 Å². The van der Waals surface area contributed by atoms with Crippen molar-refractivity contribution >= 4 is 11.9 Å². The molecule has 0 atom stereocenters. The normalized spacial score (nSPS) is 7.29. The molecule has 3 N–H and O–H groups in total. The Morgan fingerprint density at radius 1 is 1.06 bits per heavy atom. The zero-order chi connectivity index (χ0) is 13.6. The molecule has 0 aliphatic heterocycles. The minimum absolute atomic E-state index is 0. The summed E-state index contributed by atoms with van der Waals surface area (Å²) in [5.41, 5.74) is 0. The van der Waals surface area contributed by atoms with Crippen molar-refractivity contribution in [2.75, 3.05) is 13.2 Å². The molecule has 0 aromatic rings. The Morgan fingerprint density at radius 3 is 1.24 bits per heavy atom. The molecule has 0 amide bonds. The average Bonchev–Trinajstić information content (AvgIpc) is 2.29. The van der Waals surface area contributed by atoms with Gasteiger partial charge >= 0.3 is 19.5 Å². The van der Waals surface area contributed by atoms with E-state index in [9.17, 15) is 0 Å². The van der Waals surface area contributed by atoms with Crippen LogP contribution < -0.4 is 10.2 Å². The summed E-state index contributed by atoms with van der Waals surface area (Å²) < 4.78 is 0. The van der Waals surface area contributed by atoms with Crippen LogP contribution in [0.15, 0.2) is 25.3 Å². The Hall–Kier alpha value is -1.08. The van der Waals surface area contributed by atoms with Crippen molar-refractivity contribution in [3.05, 3.63) is 25.3 Å². The number of rotatable bonds is 4. The quantitative estimate of drug-likeness (QED) is 0.357. The summed E-state index contributed by atoms with van der Waals surface area (Å²) in [7, 11) is 0. The fourth-order valence-corrected chi connectivity index (χ4v) is 0.0577. The van der Waals surface area contributed by atoms with Gasteiger partial charge in [0.05, 0.1) is 25.2 Å². The average molecular weight is 300 g/mol. The van der Waals surface area contributed by atoms with E-state index >= 15 is 0 Å². The number of hydrogen-bond acceptors (Lipinski definition) is 7. The molecule has 0 unspecified atom stereocenters. The molecule has 94 valence electrons. The molecule has 0 heterocycles. The van der Waals surface area contributed by atoms with Crippen molar-refractivity contribution in [3.8, 4) is 0 Å². The number of aliphatic hydroxyl groups excluding tert-OH is 3. The Bertz CT molecular complexity index is 195. The maximum atomic E-state index is 9.14. The number of carbonyl (C=O) groups excluding carboxylic acids is 2. The van der Waals surface area contributed by atoms with E-state index in [1.165, 1.54) is 0 Å². The van der Waals surface area contributed by atoms with Crippen molar-refractivity contribution in [3.63, 3.8) is 0 Å². The summed E-state index contributed by atoms with van der Waals surface area (Å²) in [4.78, 5) is 18.3. The summed E-state index contributed by atoms with van der Waals surface area (Å²) in [6, 6.07) is 0. The second kappa shape index (κ2) is 20.3. The Morgan fingerprint density at radius 2 is 1.24 bits per heavy atom. The summed E-state index contributed by atoms with van der Waals surface area (Å²) in [6.45, 7) is 5.07. The number of carboxylic acids is 2. The predicted octanol–water partition coefficient (Wildman–Crippen LogP) is -3.83.